The average molecular weight is 352 g/mol. The third-order valence-corrected chi connectivity index (χ3v) is 4.89. The molecule has 0 unspecified atom stereocenters. The molecule has 2 aromatic carbocycles. The molecule has 5 nitrogen and oxygen atoms in total. The first-order chi connectivity index (χ1) is 12.5. The summed E-state index contributed by atoms with van der Waals surface area (Å²) in [6, 6.07) is 15.6. The molecule has 136 valence electrons. The van der Waals surface area contributed by atoms with Crippen LogP contribution in [0.25, 0.3) is 0 Å². The smallest absolute Gasteiger partial charge is 0.329 e. The van der Waals surface area contributed by atoms with Gasteiger partial charge in [-0.1, -0.05) is 35.4 Å². The zero-order chi connectivity index (χ0) is 18.7. The van der Waals surface area contributed by atoms with Crippen LogP contribution in [0.3, 0.4) is 0 Å². The van der Waals surface area contributed by atoms with E-state index in [2.05, 4.69) is 0 Å². The highest BCUT2D eigenvalue weighted by atomic mass is 16.4. The molecule has 5 heteroatoms. The summed E-state index contributed by atoms with van der Waals surface area (Å²) in [5.41, 5.74) is 3.88. The molecule has 3 rings (SSSR count). The second kappa shape index (κ2) is 7.60. The van der Waals surface area contributed by atoms with Crippen LogP contribution in [0.1, 0.15) is 24.0 Å². The summed E-state index contributed by atoms with van der Waals surface area (Å²) in [5.74, 6) is -1.13. The van der Waals surface area contributed by atoms with Crippen molar-refractivity contribution in [2.45, 2.75) is 26.7 Å². The van der Waals surface area contributed by atoms with Crippen LogP contribution >= 0.6 is 0 Å². The fraction of sp³-hybridized carbons (Fsp3) is 0.333. The van der Waals surface area contributed by atoms with Crippen molar-refractivity contribution in [1.29, 1.82) is 0 Å². The number of carboxylic acid groups (broad SMARTS) is 1. The largest absolute Gasteiger partial charge is 0.481 e. The highest BCUT2D eigenvalue weighted by Crippen LogP contribution is 2.29. The SMILES string of the molecule is Cc1ccc(N(C(=O)N2CCC(C(=O)O)CC2)c2ccc(C)cc2)cc1. The lowest BCUT2D eigenvalue weighted by molar-refractivity contribution is -0.143. The van der Waals surface area contributed by atoms with Gasteiger partial charge in [0.15, 0.2) is 0 Å². The zero-order valence-corrected chi connectivity index (χ0v) is 15.2. The van der Waals surface area contributed by atoms with Crippen molar-refractivity contribution in [3.63, 3.8) is 0 Å². The normalized spacial score (nSPS) is 14.9. The Morgan fingerprint density at radius 3 is 1.69 bits per heavy atom. The van der Waals surface area contributed by atoms with Crippen LogP contribution in [0.15, 0.2) is 48.5 Å². The molecule has 26 heavy (non-hydrogen) atoms. The topological polar surface area (TPSA) is 60.9 Å². The van der Waals surface area contributed by atoms with Crippen molar-refractivity contribution >= 4 is 23.4 Å². The van der Waals surface area contributed by atoms with E-state index in [1.807, 2.05) is 62.4 Å². The number of anilines is 2. The van der Waals surface area contributed by atoms with E-state index in [9.17, 15) is 9.59 Å². The van der Waals surface area contributed by atoms with E-state index in [1.165, 1.54) is 0 Å². The van der Waals surface area contributed by atoms with E-state index in [-0.39, 0.29) is 11.9 Å². The first kappa shape index (κ1) is 18.0. The number of benzene rings is 2. The number of urea groups is 1. The summed E-state index contributed by atoms with van der Waals surface area (Å²) in [6.07, 6.45) is 0.993. The lowest BCUT2D eigenvalue weighted by atomic mass is 9.97. The summed E-state index contributed by atoms with van der Waals surface area (Å²) >= 11 is 0. The number of rotatable bonds is 3. The van der Waals surface area contributed by atoms with Crippen molar-refractivity contribution in [1.82, 2.24) is 4.90 Å². The Morgan fingerprint density at radius 1 is 0.885 bits per heavy atom. The number of hydrogen-bond acceptors (Lipinski definition) is 2. The van der Waals surface area contributed by atoms with Crippen molar-refractivity contribution in [2.75, 3.05) is 18.0 Å². The molecule has 2 amide bonds. The molecule has 1 N–H and O–H groups in total. The van der Waals surface area contributed by atoms with Crippen LogP contribution in [0.4, 0.5) is 16.2 Å². The number of hydrogen-bond donors (Lipinski definition) is 1. The van der Waals surface area contributed by atoms with Crippen LogP contribution < -0.4 is 4.90 Å². The molecule has 0 atom stereocenters. The van der Waals surface area contributed by atoms with Gasteiger partial charge in [0.05, 0.1) is 17.3 Å². The minimum atomic E-state index is -0.772. The number of likely N-dealkylation sites (tertiary alicyclic amines) is 1. The number of nitrogens with zero attached hydrogens (tertiary/aromatic N) is 2. The number of piperidine rings is 1. The third kappa shape index (κ3) is 3.87. The van der Waals surface area contributed by atoms with Crippen molar-refractivity contribution < 1.29 is 14.7 Å². The molecule has 0 aliphatic carbocycles. The third-order valence-electron chi connectivity index (χ3n) is 4.89. The molecule has 1 fully saturated rings. The summed E-state index contributed by atoms with van der Waals surface area (Å²) in [5, 5.41) is 9.17. The van der Waals surface area contributed by atoms with Gasteiger partial charge in [-0.2, -0.15) is 0 Å². The second-order valence-corrected chi connectivity index (χ2v) is 6.89. The van der Waals surface area contributed by atoms with Crippen molar-refractivity contribution in [2.24, 2.45) is 5.92 Å². The van der Waals surface area contributed by atoms with Gasteiger partial charge in [-0.3, -0.25) is 9.69 Å². The molecule has 0 bridgehead atoms. The number of carboxylic acids is 1. The molecule has 0 spiro atoms. The molecule has 1 heterocycles. The Hall–Kier alpha value is -2.82. The summed E-state index contributed by atoms with van der Waals surface area (Å²) in [6.45, 7) is 4.95. The number of carbonyl (C=O) groups is 2. The second-order valence-electron chi connectivity index (χ2n) is 6.89. The molecule has 0 aromatic heterocycles. The maximum Gasteiger partial charge on any atom is 0.329 e. The molecule has 2 aromatic rings. The van der Waals surface area contributed by atoms with E-state index in [0.29, 0.717) is 25.9 Å². The maximum absolute atomic E-state index is 13.2. The molecule has 1 aliphatic heterocycles. The monoisotopic (exact) mass is 352 g/mol. The molecule has 1 aliphatic rings. The Balaban J connectivity index is 1.88. The Bertz CT molecular complexity index is 730. The predicted molar refractivity (Wildman–Crippen MR) is 102 cm³/mol. The van der Waals surface area contributed by atoms with E-state index in [1.54, 1.807) is 9.80 Å². The Kier molecular flexibility index (Phi) is 5.26. The fourth-order valence-corrected chi connectivity index (χ4v) is 3.22. The van der Waals surface area contributed by atoms with Crippen LogP contribution in [0.5, 0.6) is 0 Å². The highest BCUT2D eigenvalue weighted by molar-refractivity contribution is 5.99. The first-order valence-electron chi connectivity index (χ1n) is 8.91. The van der Waals surface area contributed by atoms with Gasteiger partial charge in [0.1, 0.15) is 0 Å². The maximum atomic E-state index is 13.2. The zero-order valence-electron chi connectivity index (χ0n) is 15.2. The standard InChI is InChI=1S/C21H24N2O3/c1-15-3-7-18(8-4-15)23(19-9-5-16(2)6-10-19)21(26)22-13-11-17(12-14-22)20(24)25/h3-10,17H,11-14H2,1-2H3,(H,24,25). The van der Waals surface area contributed by atoms with Gasteiger partial charge in [0.25, 0.3) is 0 Å². The van der Waals surface area contributed by atoms with Crippen LogP contribution in [0.2, 0.25) is 0 Å². The summed E-state index contributed by atoms with van der Waals surface area (Å²) < 4.78 is 0. The van der Waals surface area contributed by atoms with E-state index in [4.69, 9.17) is 5.11 Å². The van der Waals surface area contributed by atoms with Gasteiger partial charge in [-0.15, -0.1) is 0 Å². The Labute approximate surface area is 153 Å². The van der Waals surface area contributed by atoms with E-state index < -0.39 is 5.97 Å². The summed E-state index contributed by atoms with van der Waals surface area (Å²) in [7, 11) is 0. The molecular weight excluding hydrogens is 328 g/mol. The van der Waals surface area contributed by atoms with E-state index >= 15 is 0 Å². The van der Waals surface area contributed by atoms with Gasteiger partial charge < -0.3 is 10.0 Å². The highest BCUT2D eigenvalue weighted by Gasteiger charge is 2.30. The van der Waals surface area contributed by atoms with Gasteiger partial charge in [0.2, 0.25) is 0 Å². The van der Waals surface area contributed by atoms with Crippen molar-refractivity contribution in [3.05, 3.63) is 59.7 Å². The molecule has 0 radical (unpaired) electrons. The van der Waals surface area contributed by atoms with E-state index in [0.717, 1.165) is 22.5 Å². The number of aryl methyl sites for hydroxylation is 2. The predicted octanol–water partition coefficient (Wildman–Crippen LogP) is 4.36. The number of carbonyl (C=O) groups excluding carboxylic acids is 1. The number of amides is 2. The average Bonchev–Trinajstić information content (AvgIpc) is 2.65. The minimum Gasteiger partial charge on any atom is -0.481 e. The molecule has 1 saturated heterocycles. The molecule has 0 saturated carbocycles. The summed E-state index contributed by atoms with van der Waals surface area (Å²) in [4.78, 5) is 27.9. The van der Waals surface area contributed by atoms with Crippen molar-refractivity contribution in [3.8, 4) is 0 Å². The lowest BCUT2D eigenvalue weighted by Crippen LogP contribution is -2.46. The van der Waals surface area contributed by atoms with Gasteiger partial charge in [-0.25, -0.2) is 4.79 Å². The van der Waals surface area contributed by atoms with Gasteiger partial charge in [0, 0.05) is 13.1 Å². The fourth-order valence-electron chi connectivity index (χ4n) is 3.22. The van der Waals surface area contributed by atoms with Gasteiger partial charge >= 0.3 is 12.0 Å². The first-order valence-corrected chi connectivity index (χ1v) is 8.91. The minimum absolute atomic E-state index is 0.110. The lowest BCUT2D eigenvalue weighted by Gasteiger charge is -2.35. The molecular formula is C21H24N2O3. The number of aliphatic carboxylic acids is 1. The van der Waals surface area contributed by atoms with Gasteiger partial charge in [-0.05, 0) is 51.0 Å². The van der Waals surface area contributed by atoms with Crippen LogP contribution in [-0.2, 0) is 4.79 Å². The quantitative estimate of drug-likeness (QED) is 0.893. The van der Waals surface area contributed by atoms with Crippen LogP contribution in [0, 0.1) is 19.8 Å². The van der Waals surface area contributed by atoms with Crippen LogP contribution in [-0.4, -0.2) is 35.1 Å². The Morgan fingerprint density at radius 2 is 1.31 bits per heavy atom.